The van der Waals surface area contributed by atoms with Crippen molar-refractivity contribution >= 4 is 5.91 Å². The second-order valence-electron chi connectivity index (χ2n) is 4.64. The summed E-state index contributed by atoms with van der Waals surface area (Å²) < 4.78 is 0. The van der Waals surface area contributed by atoms with E-state index < -0.39 is 5.41 Å². The number of carbonyl (C=O) groups is 1. The molecule has 2 aliphatic carbocycles. The Morgan fingerprint density at radius 3 is 2.36 bits per heavy atom. The monoisotopic (exact) mass is 192 g/mol. The van der Waals surface area contributed by atoms with Gasteiger partial charge in [0.2, 0.25) is 5.91 Å². The molecule has 3 heteroatoms. The van der Waals surface area contributed by atoms with Crippen LogP contribution in [0.5, 0.6) is 0 Å². The molecule has 0 radical (unpaired) electrons. The zero-order valence-electron chi connectivity index (χ0n) is 8.60. The molecule has 2 rings (SSSR count). The molecule has 76 valence electrons. The molecule has 2 aliphatic rings. The highest BCUT2D eigenvalue weighted by Gasteiger charge is 2.53. The van der Waals surface area contributed by atoms with Gasteiger partial charge in [-0.05, 0) is 38.5 Å². The van der Waals surface area contributed by atoms with Crippen LogP contribution in [0.2, 0.25) is 0 Å². The molecule has 0 atom stereocenters. The summed E-state index contributed by atoms with van der Waals surface area (Å²) in [5, 5.41) is 11.9. The van der Waals surface area contributed by atoms with Gasteiger partial charge >= 0.3 is 0 Å². The van der Waals surface area contributed by atoms with E-state index in [4.69, 9.17) is 5.26 Å². The summed E-state index contributed by atoms with van der Waals surface area (Å²) in [5.41, 5.74) is -0.624. The third-order valence-corrected chi connectivity index (χ3v) is 3.76. The highest BCUT2D eigenvalue weighted by molar-refractivity contribution is 5.88. The van der Waals surface area contributed by atoms with E-state index in [9.17, 15) is 4.79 Å². The predicted molar refractivity (Wildman–Crippen MR) is 52.3 cm³/mol. The lowest BCUT2D eigenvalue weighted by Crippen LogP contribution is -2.54. The maximum Gasteiger partial charge on any atom is 0.240 e. The number of hydrogen-bond acceptors (Lipinski definition) is 2. The van der Waals surface area contributed by atoms with Gasteiger partial charge in [-0.1, -0.05) is 6.92 Å². The van der Waals surface area contributed by atoms with Crippen LogP contribution >= 0.6 is 0 Å². The Labute approximate surface area is 84.5 Å². The standard InChI is InChI=1S/C11H16N2O/c1-2-11(4-3-5-11)13-9(14)10(8-12)6-7-10/h2-7H2,1H3,(H,13,14). The van der Waals surface area contributed by atoms with Crippen molar-refractivity contribution in [3.8, 4) is 6.07 Å². The quantitative estimate of drug-likeness (QED) is 0.740. The van der Waals surface area contributed by atoms with Gasteiger partial charge in [0.15, 0.2) is 0 Å². The molecule has 0 unspecified atom stereocenters. The first-order chi connectivity index (χ1) is 6.66. The van der Waals surface area contributed by atoms with Gasteiger partial charge in [-0.25, -0.2) is 0 Å². The fraction of sp³-hybridized carbons (Fsp3) is 0.818. The number of hydrogen-bond donors (Lipinski definition) is 1. The summed E-state index contributed by atoms with van der Waals surface area (Å²) >= 11 is 0. The first-order valence-corrected chi connectivity index (χ1v) is 5.40. The third-order valence-electron chi connectivity index (χ3n) is 3.76. The summed E-state index contributed by atoms with van der Waals surface area (Å²) in [6.45, 7) is 2.10. The lowest BCUT2D eigenvalue weighted by Gasteiger charge is -2.42. The summed E-state index contributed by atoms with van der Waals surface area (Å²) in [5.74, 6) is -0.0263. The van der Waals surface area contributed by atoms with Crippen molar-refractivity contribution in [1.29, 1.82) is 5.26 Å². The van der Waals surface area contributed by atoms with Gasteiger partial charge in [-0.3, -0.25) is 4.79 Å². The highest BCUT2D eigenvalue weighted by Crippen LogP contribution is 2.46. The molecule has 0 bridgehead atoms. The van der Waals surface area contributed by atoms with E-state index in [1.54, 1.807) is 0 Å². The minimum absolute atomic E-state index is 0.0263. The van der Waals surface area contributed by atoms with E-state index >= 15 is 0 Å². The summed E-state index contributed by atoms with van der Waals surface area (Å²) in [7, 11) is 0. The molecule has 0 aromatic rings. The maximum atomic E-state index is 11.8. The molecule has 1 N–H and O–H groups in total. The highest BCUT2D eigenvalue weighted by atomic mass is 16.2. The van der Waals surface area contributed by atoms with Crippen LogP contribution in [-0.4, -0.2) is 11.4 Å². The van der Waals surface area contributed by atoms with Crippen LogP contribution in [0.4, 0.5) is 0 Å². The lowest BCUT2D eigenvalue weighted by atomic mass is 9.74. The molecule has 14 heavy (non-hydrogen) atoms. The average Bonchev–Trinajstić information content (AvgIpc) is 2.91. The summed E-state index contributed by atoms with van der Waals surface area (Å²) in [4.78, 5) is 11.8. The minimum Gasteiger partial charge on any atom is -0.349 e. The molecule has 0 spiro atoms. The van der Waals surface area contributed by atoms with E-state index in [0.29, 0.717) is 0 Å². The fourth-order valence-electron chi connectivity index (χ4n) is 2.05. The molecule has 1 amide bonds. The van der Waals surface area contributed by atoms with E-state index in [1.165, 1.54) is 6.42 Å². The number of amides is 1. The Kier molecular flexibility index (Phi) is 2.02. The van der Waals surface area contributed by atoms with Crippen LogP contribution in [0.1, 0.15) is 45.4 Å². The smallest absolute Gasteiger partial charge is 0.240 e. The van der Waals surface area contributed by atoms with Crippen LogP contribution in [0, 0.1) is 16.7 Å². The Morgan fingerprint density at radius 2 is 2.07 bits per heavy atom. The summed E-state index contributed by atoms with van der Waals surface area (Å²) in [6, 6.07) is 2.14. The largest absolute Gasteiger partial charge is 0.349 e. The van der Waals surface area contributed by atoms with E-state index in [0.717, 1.165) is 32.1 Å². The molecule has 0 aromatic heterocycles. The molecule has 0 saturated heterocycles. The second kappa shape index (κ2) is 2.98. The second-order valence-corrected chi connectivity index (χ2v) is 4.64. The van der Waals surface area contributed by atoms with Gasteiger partial charge in [0, 0.05) is 5.54 Å². The first kappa shape index (κ1) is 9.51. The molecular formula is C11H16N2O. The number of rotatable bonds is 3. The summed E-state index contributed by atoms with van der Waals surface area (Å²) in [6.07, 6.45) is 5.84. The van der Waals surface area contributed by atoms with E-state index in [2.05, 4.69) is 18.3 Å². The van der Waals surface area contributed by atoms with Crippen LogP contribution in [0.3, 0.4) is 0 Å². The van der Waals surface area contributed by atoms with Crippen molar-refractivity contribution in [3.05, 3.63) is 0 Å². The van der Waals surface area contributed by atoms with Crippen molar-refractivity contribution in [2.45, 2.75) is 51.0 Å². The van der Waals surface area contributed by atoms with Gasteiger partial charge in [0.1, 0.15) is 5.41 Å². The van der Waals surface area contributed by atoms with Gasteiger partial charge in [-0.2, -0.15) is 5.26 Å². The van der Waals surface area contributed by atoms with Crippen molar-refractivity contribution in [3.63, 3.8) is 0 Å². The van der Waals surface area contributed by atoms with Gasteiger partial charge in [0.05, 0.1) is 6.07 Å². The van der Waals surface area contributed by atoms with Gasteiger partial charge in [-0.15, -0.1) is 0 Å². The molecule has 0 aliphatic heterocycles. The van der Waals surface area contributed by atoms with Gasteiger partial charge in [0.25, 0.3) is 0 Å². The van der Waals surface area contributed by atoms with Crippen molar-refractivity contribution in [2.24, 2.45) is 5.41 Å². The topological polar surface area (TPSA) is 52.9 Å². The number of carbonyl (C=O) groups excluding carboxylic acids is 1. The van der Waals surface area contributed by atoms with E-state index in [1.807, 2.05) is 0 Å². The lowest BCUT2D eigenvalue weighted by molar-refractivity contribution is -0.127. The number of nitrogens with one attached hydrogen (secondary N) is 1. The molecule has 0 heterocycles. The van der Waals surface area contributed by atoms with Crippen molar-refractivity contribution in [2.75, 3.05) is 0 Å². The van der Waals surface area contributed by atoms with Crippen LogP contribution < -0.4 is 5.32 Å². The number of nitrogens with zero attached hydrogens (tertiary/aromatic N) is 1. The zero-order chi connectivity index (χ0) is 10.2. The molecule has 2 saturated carbocycles. The normalized spacial score (nSPS) is 25.7. The Morgan fingerprint density at radius 1 is 1.43 bits per heavy atom. The molecule has 3 nitrogen and oxygen atoms in total. The molecule has 0 aromatic carbocycles. The fourth-order valence-corrected chi connectivity index (χ4v) is 2.05. The Bertz CT molecular complexity index is 289. The predicted octanol–water partition coefficient (Wildman–Crippen LogP) is 1.74. The van der Waals surface area contributed by atoms with Crippen LogP contribution in [-0.2, 0) is 4.79 Å². The number of nitriles is 1. The van der Waals surface area contributed by atoms with Crippen molar-refractivity contribution in [1.82, 2.24) is 5.32 Å². The SMILES string of the molecule is CCC1(NC(=O)C2(C#N)CC2)CCC1. The maximum absolute atomic E-state index is 11.8. The molecular weight excluding hydrogens is 176 g/mol. The van der Waals surface area contributed by atoms with Gasteiger partial charge < -0.3 is 5.32 Å². The van der Waals surface area contributed by atoms with E-state index in [-0.39, 0.29) is 11.4 Å². The molecule has 2 fully saturated rings. The third kappa shape index (κ3) is 1.30. The van der Waals surface area contributed by atoms with Crippen LogP contribution in [0.15, 0.2) is 0 Å². The first-order valence-electron chi connectivity index (χ1n) is 5.40. The van der Waals surface area contributed by atoms with Crippen LogP contribution in [0.25, 0.3) is 0 Å². The minimum atomic E-state index is -0.655. The Hall–Kier alpha value is -1.04. The van der Waals surface area contributed by atoms with Crippen molar-refractivity contribution < 1.29 is 4.79 Å². The zero-order valence-corrected chi connectivity index (χ0v) is 8.60. The average molecular weight is 192 g/mol. The Balaban J connectivity index is 1.98.